The molecule has 0 aliphatic rings. The first kappa shape index (κ1) is 8.39. The van der Waals surface area contributed by atoms with Gasteiger partial charge in [-0.2, -0.15) is 0 Å². The molecule has 3 N–H and O–H groups in total. The maximum Gasteiger partial charge on any atom is 0.176 e. The van der Waals surface area contributed by atoms with Crippen molar-refractivity contribution in [3.8, 4) is 0 Å². The lowest BCUT2D eigenvalue weighted by atomic mass is 10.1. The van der Waals surface area contributed by atoms with Gasteiger partial charge in [0.1, 0.15) is 0 Å². The molecule has 0 unspecified atom stereocenters. The molecule has 0 aromatic heterocycles. The number of benzene rings is 1. The van der Waals surface area contributed by atoms with Gasteiger partial charge in [0.15, 0.2) is 5.84 Å². The minimum Gasteiger partial charge on any atom is -0.305 e. The van der Waals surface area contributed by atoms with Gasteiger partial charge in [0, 0.05) is 5.56 Å². The summed E-state index contributed by atoms with van der Waals surface area (Å²) < 4.78 is 0. The van der Waals surface area contributed by atoms with E-state index in [1.807, 2.05) is 31.2 Å². The fourth-order valence-corrected chi connectivity index (χ4v) is 0.950. The van der Waals surface area contributed by atoms with Gasteiger partial charge in [-0.1, -0.05) is 29.5 Å². The van der Waals surface area contributed by atoms with E-state index < -0.39 is 0 Å². The summed E-state index contributed by atoms with van der Waals surface area (Å²) in [5.74, 6) is 4.93. The van der Waals surface area contributed by atoms with Gasteiger partial charge in [-0.25, -0.2) is 0 Å². The van der Waals surface area contributed by atoms with Crippen LogP contribution in [0, 0.1) is 12.3 Å². The van der Waals surface area contributed by atoms with Gasteiger partial charge in [0.2, 0.25) is 0 Å². The summed E-state index contributed by atoms with van der Waals surface area (Å²) in [6, 6.07) is 7.48. The Morgan fingerprint density at radius 2 is 2.08 bits per heavy atom. The molecule has 1 aromatic carbocycles. The Kier molecular flexibility index (Phi) is 2.53. The lowest BCUT2D eigenvalue weighted by Gasteiger charge is -1.99. The fourth-order valence-electron chi connectivity index (χ4n) is 0.950. The summed E-state index contributed by atoms with van der Waals surface area (Å²) in [6.07, 6.45) is 0. The van der Waals surface area contributed by atoms with Crippen molar-refractivity contribution in [2.75, 3.05) is 0 Å². The SMILES string of the molecule is Cc1ccccc1C(=N)N=NN. The molecular formula is C8H10N4. The first-order valence-corrected chi connectivity index (χ1v) is 3.51. The van der Waals surface area contributed by atoms with E-state index in [-0.39, 0.29) is 5.84 Å². The molecule has 0 heterocycles. The number of nitrogens with zero attached hydrogens (tertiary/aromatic N) is 2. The predicted molar refractivity (Wildman–Crippen MR) is 47.1 cm³/mol. The molecule has 0 saturated heterocycles. The number of nitrogens with two attached hydrogens (primary N) is 1. The molecule has 0 radical (unpaired) electrons. The minimum atomic E-state index is 0.0931. The molecule has 4 heteroatoms. The molecule has 0 atom stereocenters. The predicted octanol–water partition coefficient (Wildman–Crippen LogP) is 1.65. The van der Waals surface area contributed by atoms with E-state index in [0.29, 0.717) is 0 Å². The third-order valence-corrected chi connectivity index (χ3v) is 1.56. The molecule has 0 fully saturated rings. The lowest BCUT2D eigenvalue weighted by Crippen LogP contribution is -1.97. The van der Waals surface area contributed by atoms with Crippen LogP contribution in [-0.2, 0) is 0 Å². The Balaban J connectivity index is 3.03. The number of amidine groups is 1. The van der Waals surface area contributed by atoms with E-state index in [2.05, 4.69) is 10.3 Å². The van der Waals surface area contributed by atoms with Gasteiger partial charge in [0.25, 0.3) is 0 Å². The zero-order chi connectivity index (χ0) is 8.97. The van der Waals surface area contributed by atoms with E-state index in [4.69, 9.17) is 11.3 Å². The van der Waals surface area contributed by atoms with Gasteiger partial charge in [-0.15, -0.1) is 5.11 Å². The second-order valence-electron chi connectivity index (χ2n) is 2.38. The highest BCUT2D eigenvalue weighted by Crippen LogP contribution is 2.07. The molecule has 1 aromatic rings. The minimum absolute atomic E-state index is 0.0931. The molecule has 0 amide bonds. The number of rotatable bonds is 1. The van der Waals surface area contributed by atoms with E-state index in [0.717, 1.165) is 11.1 Å². The summed E-state index contributed by atoms with van der Waals surface area (Å²) >= 11 is 0. The largest absolute Gasteiger partial charge is 0.305 e. The molecule has 62 valence electrons. The maximum absolute atomic E-state index is 7.43. The Morgan fingerprint density at radius 1 is 1.42 bits per heavy atom. The third kappa shape index (κ3) is 1.66. The summed E-state index contributed by atoms with van der Waals surface area (Å²) in [5.41, 5.74) is 1.75. The van der Waals surface area contributed by atoms with Crippen LogP contribution < -0.4 is 5.84 Å². The van der Waals surface area contributed by atoms with Crippen molar-refractivity contribution < 1.29 is 0 Å². The highest BCUT2D eigenvalue weighted by Gasteiger charge is 2.01. The van der Waals surface area contributed by atoms with Crippen LogP contribution in [0.4, 0.5) is 0 Å². The zero-order valence-corrected chi connectivity index (χ0v) is 6.78. The van der Waals surface area contributed by atoms with Crippen LogP contribution in [0.25, 0.3) is 0 Å². The molecule has 0 aliphatic heterocycles. The van der Waals surface area contributed by atoms with Crippen molar-refractivity contribution in [1.29, 1.82) is 5.41 Å². The van der Waals surface area contributed by atoms with Gasteiger partial charge >= 0.3 is 0 Å². The van der Waals surface area contributed by atoms with Crippen LogP contribution in [0.1, 0.15) is 11.1 Å². The van der Waals surface area contributed by atoms with Crippen LogP contribution in [0.3, 0.4) is 0 Å². The Morgan fingerprint density at radius 3 is 2.67 bits per heavy atom. The molecule has 12 heavy (non-hydrogen) atoms. The van der Waals surface area contributed by atoms with E-state index in [9.17, 15) is 0 Å². The van der Waals surface area contributed by atoms with E-state index >= 15 is 0 Å². The second kappa shape index (κ2) is 3.61. The van der Waals surface area contributed by atoms with Crippen LogP contribution in [0.15, 0.2) is 34.6 Å². The maximum atomic E-state index is 7.43. The van der Waals surface area contributed by atoms with Crippen LogP contribution in [-0.4, -0.2) is 5.84 Å². The van der Waals surface area contributed by atoms with Crippen molar-refractivity contribution in [1.82, 2.24) is 0 Å². The molecule has 1 rings (SSSR count). The Bertz CT molecular complexity index is 317. The smallest absolute Gasteiger partial charge is 0.176 e. The molecule has 0 spiro atoms. The van der Waals surface area contributed by atoms with Crippen molar-refractivity contribution >= 4 is 5.84 Å². The highest BCUT2D eigenvalue weighted by molar-refractivity contribution is 5.97. The standard InChI is InChI=1S/C8H10N4/c1-6-4-2-3-5-7(6)8(9)11-12-10/h2-5H,1H3,(H3,9,10,11). The molecule has 0 saturated carbocycles. The third-order valence-electron chi connectivity index (χ3n) is 1.56. The number of hydrogen-bond donors (Lipinski definition) is 2. The monoisotopic (exact) mass is 162 g/mol. The van der Waals surface area contributed by atoms with Gasteiger partial charge in [-0.3, -0.25) is 5.41 Å². The zero-order valence-electron chi connectivity index (χ0n) is 6.78. The second-order valence-corrected chi connectivity index (χ2v) is 2.38. The van der Waals surface area contributed by atoms with Crippen molar-refractivity contribution in [2.24, 2.45) is 16.2 Å². The molecule has 0 aliphatic carbocycles. The van der Waals surface area contributed by atoms with Crippen molar-refractivity contribution in [2.45, 2.75) is 6.92 Å². The van der Waals surface area contributed by atoms with Crippen LogP contribution in [0.2, 0.25) is 0 Å². The fraction of sp³-hybridized carbons (Fsp3) is 0.125. The summed E-state index contributed by atoms with van der Waals surface area (Å²) in [4.78, 5) is 0. The highest BCUT2D eigenvalue weighted by atomic mass is 15.3. The van der Waals surface area contributed by atoms with E-state index in [1.54, 1.807) is 0 Å². The van der Waals surface area contributed by atoms with Gasteiger partial charge in [-0.05, 0) is 12.5 Å². The van der Waals surface area contributed by atoms with Crippen LogP contribution >= 0.6 is 0 Å². The number of hydrogen-bond acceptors (Lipinski definition) is 2. The first-order valence-electron chi connectivity index (χ1n) is 3.51. The van der Waals surface area contributed by atoms with Crippen molar-refractivity contribution in [3.63, 3.8) is 0 Å². The van der Waals surface area contributed by atoms with E-state index in [1.165, 1.54) is 0 Å². The molecule has 4 nitrogen and oxygen atoms in total. The summed E-state index contributed by atoms with van der Waals surface area (Å²) in [6.45, 7) is 1.91. The topological polar surface area (TPSA) is 74.6 Å². The average Bonchev–Trinajstić information content (AvgIpc) is 2.05. The Hall–Kier alpha value is -1.71. The molecular weight excluding hydrogens is 152 g/mol. The van der Waals surface area contributed by atoms with Crippen molar-refractivity contribution in [3.05, 3.63) is 35.4 Å². The quantitative estimate of drug-likeness (QED) is 0.213. The summed E-state index contributed by atoms with van der Waals surface area (Å²) in [5, 5.41) is 13.9. The first-order chi connectivity index (χ1) is 5.75. The average molecular weight is 162 g/mol. The van der Waals surface area contributed by atoms with Gasteiger partial charge in [0.05, 0.1) is 0 Å². The van der Waals surface area contributed by atoms with Gasteiger partial charge < -0.3 is 5.84 Å². The lowest BCUT2D eigenvalue weighted by molar-refractivity contribution is 1.07. The van der Waals surface area contributed by atoms with Crippen LogP contribution in [0.5, 0.6) is 0 Å². The number of nitrogens with one attached hydrogen (secondary N) is 1. The number of aryl methyl sites for hydroxylation is 1. The summed E-state index contributed by atoms with van der Waals surface area (Å²) in [7, 11) is 0. The normalized spacial score (nSPS) is 10.4. The Labute approximate surface area is 70.6 Å². The molecule has 0 bridgehead atoms.